The number of amides is 2. The van der Waals surface area contributed by atoms with E-state index in [-0.39, 0.29) is 0 Å². The number of aryl methyl sites for hydroxylation is 1. The van der Waals surface area contributed by atoms with Crippen LogP contribution in [0.4, 0.5) is 4.79 Å². The van der Waals surface area contributed by atoms with Crippen molar-refractivity contribution in [3.8, 4) is 0 Å². The fourth-order valence-electron chi connectivity index (χ4n) is 1.59. The first-order valence-corrected chi connectivity index (χ1v) is 6.37. The normalized spacial score (nSPS) is 10.6. The summed E-state index contributed by atoms with van der Waals surface area (Å²) in [4.78, 5) is 10.5. The molecule has 0 aliphatic carbocycles. The Kier molecular flexibility index (Phi) is 7.60. The number of rotatable bonds is 10. The molecule has 1 heterocycles. The zero-order valence-electron chi connectivity index (χ0n) is 11.4. The van der Waals surface area contributed by atoms with Gasteiger partial charge in [-0.2, -0.15) is 0 Å². The van der Waals surface area contributed by atoms with Gasteiger partial charge in [0.05, 0.1) is 26.4 Å². The largest absolute Gasteiger partial charge is 0.382 e. The molecule has 0 bridgehead atoms. The summed E-state index contributed by atoms with van der Waals surface area (Å²) in [7, 11) is 1.66. The van der Waals surface area contributed by atoms with E-state index in [0.717, 1.165) is 19.5 Å². The Hall–Kier alpha value is -1.60. The summed E-state index contributed by atoms with van der Waals surface area (Å²) in [6, 6.07) is -0.476. The van der Waals surface area contributed by atoms with Crippen LogP contribution in [0.2, 0.25) is 0 Å². The molecule has 2 amide bonds. The summed E-state index contributed by atoms with van der Waals surface area (Å²) >= 11 is 0. The molecule has 0 saturated heterocycles. The van der Waals surface area contributed by atoms with Crippen molar-refractivity contribution in [3.63, 3.8) is 0 Å². The van der Waals surface area contributed by atoms with E-state index in [1.54, 1.807) is 7.11 Å². The zero-order chi connectivity index (χ0) is 13.9. The van der Waals surface area contributed by atoms with Crippen LogP contribution in [0.5, 0.6) is 0 Å². The molecular weight excluding hydrogens is 248 g/mol. The van der Waals surface area contributed by atoms with Gasteiger partial charge in [0.1, 0.15) is 18.9 Å². The fourth-order valence-corrected chi connectivity index (χ4v) is 1.59. The number of urea groups is 1. The molecule has 0 saturated carbocycles. The van der Waals surface area contributed by atoms with Crippen molar-refractivity contribution in [1.82, 2.24) is 9.88 Å². The van der Waals surface area contributed by atoms with Crippen molar-refractivity contribution in [3.05, 3.63) is 18.7 Å². The number of hydrogen-bond donors (Lipinski definition) is 2. The Bertz CT molecular complexity index is 368. The SMILES string of the molecule is COCCOCCn1cc[n+](CCCNC(N)=O)c1. The lowest BCUT2D eigenvalue weighted by Crippen LogP contribution is -2.35. The molecule has 7 heteroatoms. The highest BCUT2D eigenvalue weighted by molar-refractivity contribution is 5.71. The molecule has 1 aromatic heterocycles. The Labute approximate surface area is 113 Å². The molecule has 0 aromatic carbocycles. The molecule has 0 aliphatic heterocycles. The topological polar surface area (TPSA) is 82.4 Å². The van der Waals surface area contributed by atoms with Crippen LogP contribution < -0.4 is 15.6 Å². The van der Waals surface area contributed by atoms with Gasteiger partial charge in [-0.15, -0.1) is 0 Å². The van der Waals surface area contributed by atoms with E-state index in [4.69, 9.17) is 15.2 Å². The highest BCUT2D eigenvalue weighted by Gasteiger charge is 2.03. The van der Waals surface area contributed by atoms with Gasteiger partial charge in [-0.1, -0.05) is 0 Å². The summed E-state index contributed by atoms with van der Waals surface area (Å²) in [6.45, 7) is 4.16. The van der Waals surface area contributed by atoms with E-state index in [1.165, 1.54) is 0 Å². The van der Waals surface area contributed by atoms with Gasteiger partial charge in [0.25, 0.3) is 0 Å². The zero-order valence-corrected chi connectivity index (χ0v) is 11.4. The lowest BCUT2D eigenvalue weighted by molar-refractivity contribution is -0.696. The summed E-state index contributed by atoms with van der Waals surface area (Å²) in [5, 5.41) is 2.56. The van der Waals surface area contributed by atoms with E-state index in [1.807, 2.05) is 18.7 Å². The van der Waals surface area contributed by atoms with Gasteiger partial charge in [-0.3, -0.25) is 0 Å². The molecule has 0 fully saturated rings. The number of carbonyl (C=O) groups is 1. The van der Waals surface area contributed by atoms with Gasteiger partial charge in [-0.05, 0) is 0 Å². The molecule has 7 nitrogen and oxygen atoms in total. The summed E-state index contributed by atoms with van der Waals surface area (Å²) < 4.78 is 14.4. The molecule has 19 heavy (non-hydrogen) atoms. The number of nitrogens with two attached hydrogens (primary N) is 1. The standard InChI is InChI=1S/C12H22N4O3/c1-18-9-10-19-8-7-16-6-5-15(11-16)4-2-3-14-12(13)17/h5-6,11H,2-4,7-10H2,1H3,(H2-,13,14,17)/p+1. The van der Waals surface area contributed by atoms with Crippen molar-refractivity contribution in [1.29, 1.82) is 0 Å². The lowest BCUT2D eigenvalue weighted by atomic mass is 10.4. The number of imidazole rings is 1. The van der Waals surface area contributed by atoms with Crippen LogP contribution in [0.1, 0.15) is 6.42 Å². The van der Waals surface area contributed by atoms with Crippen molar-refractivity contribution >= 4 is 6.03 Å². The van der Waals surface area contributed by atoms with Gasteiger partial charge in [0, 0.05) is 20.1 Å². The molecule has 0 unspecified atom stereocenters. The molecule has 1 rings (SSSR count). The minimum Gasteiger partial charge on any atom is -0.382 e. The average molecular weight is 271 g/mol. The molecule has 108 valence electrons. The van der Waals surface area contributed by atoms with E-state index in [2.05, 4.69) is 14.5 Å². The van der Waals surface area contributed by atoms with Crippen molar-refractivity contribution < 1.29 is 18.8 Å². The third-order valence-corrected chi connectivity index (χ3v) is 2.56. The maximum atomic E-state index is 10.5. The van der Waals surface area contributed by atoms with Gasteiger partial charge >= 0.3 is 6.03 Å². The number of hydrogen-bond acceptors (Lipinski definition) is 3. The second-order valence-electron chi connectivity index (χ2n) is 4.14. The molecule has 0 atom stereocenters. The van der Waals surface area contributed by atoms with E-state index in [0.29, 0.717) is 26.4 Å². The van der Waals surface area contributed by atoms with Crippen molar-refractivity contribution in [2.45, 2.75) is 19.5 Å². The van der Waals surface area contributed by atoms with Crippen LogP contribution in [-0.2, 0) is 22.6 Å². The predicted molar refractivity (Wildman–Crippen MR) is 69.5 cm³/mol. The maximum Gasteiger partial charge on any atom is 0.312 e. The number of ether oxygens (including phenoxy) is 2. The van der Waals surface area contributed by atoms with Gasteiger partial charge in [-0.25, -0.2) is 13.9 Å². The number of methoxy groups -OCH3 is 1. The van der Waals surface area contributed by atoms with Crippen LogP contribution in [0.3, 0.4) is 0 Å². The second kappa shape index (κ2) is 9.35. The van der Waals surface area contributed by atoms with Gasteiger partial charge in [0.15, 0.2) is 0 Å². The van der Waals surface area contributed by atoms with E-state index in [9.17, 15) is 4.79 Å². The first-order chi connectivity index (χ1) is 9.22. The maximum absolute atomic E-state index is 10.5. The summed E-state index contributed by atoms with van der Waals surface area (Å²) in [6.07, 6.45) is 6.87. The molecule has 1 aromatic rings. The molecule has 0 aliphatic rings. The Morgan fingerprint density at radius 3 is 3.00 bits per heavy atom. The third kappa shape index (κ3) is 7.43. The predicted octanol–water partition coefficient (Wildman–Crippen LogP) is -0.503. The molecule has 0 radical (unpaired) electrons. The third-order valence-electron chi connectivity index (χ3n) is 2.56. The highest BCUT2D eigenvalue weighted by Crippen LogP contribution is 1.87. The van der Waals surface area contributed by atoms with Crippen LogP contribution in [0.25, 0.3) is 0 Å². The van der Waals surface area contributed by atoms with Crippen LogP contribution >= 0.6 is 0 Å². The first-order valence-electron chi connectivity index (χ1n) is 6.37. The highest BCUT2D eigenvalue weighted by atomic mass is 16.5. The van der Waals surface area contributed by atoms with Crippen molar-refractivity contribution in [2.75, 3.05) is 33.5 Å². The minimum atomic E-state index is -0.476. The quantitative estimate of drug-likeness (QED) is 0.444. The molecule has 3 N–H and O–H groups in total. The number of primary amides is 1. The number of nitrogens with zero attached hydrogens (tertiary/aromatic N) is 2. The number of carbonyl (C=O) groups excluding carboxylic acids is 1. The minimum absolute atomic E-state index is 0.476. The smallest absolute Gasteiger partial charge is 0.312 e. The summed E-state index contributed by atoms with van der Waals surface area (Å²) in [5.74, 6) is 0. The average Bonchev–Trinajstić information content (AvgIpc) is 2.82. The molecule has 0 spiro atoms. The Morgan fingerprint density at radius 2 is 2.26 bits per heavy atom. The first kappa shape index (κ1) is 15.5. The van der Waals surface area contributed by atoms with Crippen molar-refractivity contribution in [2.24, 2.45) is 5.73 Å². The lowest BCUT2D eigenvalue weighted by Gasteiger charge is -2.01. The monoisotopic (exact) mass is 271 g/mol. The van der Waals surface area contributed by atoms with Crippen LogP contribution in [-0.4, -0.2) is 44.1 Å². The Morgan fingerprint density at radius 1 is 1.42 bits per heavy atom. The second-order valence-corrected chi connectivity index (χ2v) is 4.14. The van der Waals surface area contributed by atoms with Crippen LogP contribution in [0, 0.1) is 0 Å². The molecular formula is C12H23N4O3+. The van der Waals surface area contributed by atoms with Gasteiger partial charge < -0.3 is 20.5 Å². The number of aromatic nitrogens is 2. The summed E-state index contributed by atoms with van der Waals surface area (Å²) in [5.41, 5.74) is 4.98. The van der Waals surface area contributed by atoms with E-state index < -0.39 is 6.03 Å². The Balaban J connectivity index is 2.12. The van der Waals surface area contributed by atoms with Gasteiger partial charge in [0.2, 0.25) is 6.33 Å². The van der Waals surface area contributed by atoms with E-state index >= 15 is 0 Å². The fraction of sp³-hybridized carbons (Fsp3) is 0.667. The number of nitrogens with one attached hydrogen (secondary N) is 1. The van der Waals surface area contributed by atoms with Crippen LogP contribution in [0.15, 0.2) is 18.7 Å².